The molecule has 0 spiro atoms. The van der Waals surface area contributed by atoms with E-state index in [-0.39, 0.29) is 13.0 Å². The molecule has 1 aliphatic heterocycles. The molecule has 0 bridgehead atoms. The van der Waals surface area contributed by atoms with Crippen molar-refractivity contribution in [1.82, 2.24) is 15.5 Å². The molecule has 9 heteroatoms. The lowest BCUT2D eigenvalue weighted by Gasteiger charge is -2.25. The van der Waals surface area contributed by atoms with Crippen LogP contribution in [0.2, 0.25) is 0 Å². The van der Waals surface area contributed by atoms with Crippen LogP contribution in [0.1, 0.15) is 18.9 Å². The van der Waals surface area contributed by atoms with Crippen LogP contribution in [0.4, 0.5) is 9.18 Å². The first-order chi connectivity index (χ1) is 11.8. The summed E-state index contributed by atoms with van der Waals surface area (Å²) in [7, 11) is 1.17. The zero-order valence-electron chi connectivity index (χ0n) is 13.8. The lowest BCUT2D eigenvalue weighted by molar-refractivity contribution is -0.141. The molecule has 1 aromatic rings. The number of halogens is 1. The Balaban J connectivity index is 2.16. The number of carbonyl (C=O) groups excluding carboxylic acids is 4. The van der Waals surface area contributed by atoms with Gasteiger partial charge in [0, 0.05) is 0 Å². The van der Waals surface area contributed by atoms with E-state index in [0.29, 0.717) is 5.56 Å². The van der Waals surface area contributed by atoms with Gasteiger partial charge in [-0.1, -0.05) is 19.1 Å². The number of benzene rings is 1. The maximum atomic E-state index is 13.1. The molecule has 1 aliphatic rings. The third-order valence-corrected chi connectivity index (χ3v) is 4.00. The number of nitrogens with one attached hydrogen (secondary N) is 2. The number of nitrogens with zero attached hydrogens (tertiary/aromatic N) is 1. The lowest BCUT2D eigenvalue weighted by atomic mass is 9.87. The van der Waals surface area contributed by atoms with Crippen LogP contribution in [0, 0.1) is 5.82 Å². The number of esters is 1. The number of hydrogen-bond acceptors (Lipinski definition) is 5. The van der Waals surface area contributed by atoms with Crippen LogP contribution < -0.4 is 10.6 Å². The first-order valence-electron chi connectivity index (χ1n) is 7.57. The molecule has 4 amide bonds. The fourth-order valence-corrected chi connectivity index (χ4v) is 2.59. The maximum absolute atomic E-state index is 13.1. The quantitative estimate of drug-likeness (QED) is 0.565. The summed E-state index contributed by atoms with van der Waals surface area (Å²) in [5, 5.41) is 4.83. The Kier molecular flexibility index (Phi) is 5.35. The van der Waals surface area contributed by atoms with Crippen molar-refractivity contribution < 1.29 is 28.3 Å². The average Bonchev–Trinajstić information content (AvgIpc) is 2.85. The number of urea groups is 1. The van der Waals surface area contributed by atoms with E-state index in [1.807, 2.05) is 0 Å². The fourth-order valence-electron chi connectivity index (χ4n) is 2.59. The van der Waals surface area contributed by atoms with Crippen LogP contribution in [0.15, 0.2) is 24.3 Å². The van der Waals surface area contributed by atoms with E-state index >= 15 is 0 Å². The topological polar surface area (TPSA) is 105 Å². The number of rotatable bonds is 6. The second-order valence-corrected chi connectivity index (χ2v) is 5.44. The van der Waals surface area contributed by atoms with Crippen molar-refractivity contribution in [3.05, 3.63) is 35.6 Å². The summed E-state index contributed by atoms with van der Waals surface area (Å²) in [6.45, 7) is 0.794. The highest BCUT2D eigenvalue weighted by molar-refractivity contribution is 6.09. The smallest absolute Gasteiger partial charge is 0.325 e. The summed E-state index contributed by atoms with van der Waals surface area (Å²) in [4.78, 5) is 48.6. The van der Waals surface area contributed by atoms with Gasteiger partial charge >= 0.3 is 12.0 Å². The molecular weight excluding hydrogens is 333 g/mol. The summed E-state index contributed by atoms with van der Waals surface area (Å²) in [5.74, 6) is -2.41. The Hall–Kier alpha value is -2.97. The van der Waals surface area contributed by atoms with Crippen LogP contribution in [0.25, 0.3) is 0 Å². The molecule has 2 rings (SSSR count). The third kappa shape index (κ3) is 3.59. The van der Waals surface area contributed by atoms with E-state index < -0.39 is 41.7 Å². The van der Waals surface area contributed by atoms with Gasteiger partial charge in [-0.3, -0.25) is 19.3 Å². The molecule has 8 nitrogen and oxygen atoms in total. The number of methoxy groups -OCH3 is 1. The van der Waals surface area contributed by atoms with E-state index in [0.717, 1.165) is 4.90 Å². The van der Waals surface area contributed by atoms with Crippen LogP contribution in [0.3, 0.4) is 0 Å². The van der Waals surface area contributed by atoms with Crippen LogP contribution in [-0.2, 0) is 24.7 Å². The number of amides is 4. The number of imide groups is 1. The monoisotopic (exact) mass is 351 g/mol. The van der Waals surface area contributed by atoms with E-state index in [2.05, 4.69) is 15.4 Å². The van der Waals surface area contributed by atoms with E-state index in [1.165, 1.54) is 31.4 Å². The lowest BCUT2D eigenvalue weighted by Crippen LogP contribution is -2.45. The maximum Gasteiger partial charge on any atom is 0.325 e. The summed E-state index contributed by atoms with van der Waals surface area (Å²) >= 11 is 0. The standard InChI is InChI=1S/C16H18FN3O5/c1-3-16(10-4-6-11(17)7-5-10)14(23)20(15(24)19-16)9-12(21)18-8-13(22)25-2/h4-7H,3,8-9H2,1-2H3,(H,18,21)(H,19,24)/t16-/m1/s1. The molecule has 0 radical (unpaired) electrons. The summed E-state index contributed by atoms with van der Waals surface area (Å²) in [6.07, 6.45) is 0.226. The molecular formula is C16H18FN3O5. The van der Waals surface area contributed by atoms with Gasteiger partial charge in [0.05, 0.1) is 7.11 Å². The van der Waals surface area contributed by atoms with E-state index in [4.69, 9.17) is 0 Å². The van der Waals surface area contributed by atoms with Gasteiger partial charge in [0.1, 0.15) is 24.4 Å². The Morgan fingerprint density at radius 3 is 2.48 bits per heavy atom. The van der Waals surface area contributed by atoms with Gasteiger partial charge in [-0.25, -0.2) is 9.18 Å². The Labute approximate surface area is 143 Å². The Bertz CT molecular complexity index is 706. The van der Waals surface area contributed by atoms with Gasteiger partial charge in [-0.05, 0) is 24.1 Å². The second kappa shape index (κ2) is 7.29. The summed E-state index contributed by atoms with van der Waals surface area (Å²) in [6, 6.07) is 4.48. The molecule has 1 heterocycles. The molecule has 0 saturated carbocycles. The molecule has 0 aromatic heterocycles. The molecule has 1 aromatic carbocycles. The SMILES string of the molecule is CC[C@]1(c2ccc(F)cc2)NC(=O)N(CC(=O)NCC(=O)OC)C1=O. The summed E-state index contributed by atoms with van der Waals surface area (Å²) in [5.41, 5.74) is -0.930. The highest BCUT2D eigenvalue weighted by atomic mass is 19.1. The Morgan fingerprint density at radius 2 is 1.92 bits per heavy atom. The molecule has 0 unspecified atom stereocenters. The van der Waals surface area contributed by atoms with Crippen molar-refractivity contribution in [3.8, 4) is 0 Å². The predicted molar refractivity (Wildman–Crippen MR) is 83.6 cm³/mol. The van der Waals surface area contributed by atoms with Gasteiger partial charge in [0.25, 0.3) is 5.91 Å². The largest absolute Gasteiger partial charge is 0.468 e. The molecule has 1 atom stereocenters. The fraction of sp³-hybridized carbons (Fsp3) is 0.375. The van der Waals surface area contributed by atoms with Gasteiger partial charge in [-0.15, -0.1) is 0 Å². The number of carbonyl (C=O) groups is 4. The van der Waals surface area contributed by atoms with E-state index in [1.54, 1.807) is 6.92 Å². The zero-order chi connectivity index (χ0) is 18.6. The van der Waals surface area contributed by atoms with Gasteiger partial charge in [0.2, 0.25) is 5.91 Å². The molecule has 0 aliphatic carbocycles. The Morgan fingerprint density at radius 1 is 1.28 bits per heavy atom. The molecule has 2 N–H and O–H groups in total. The van der Waals surface area contributed by atoms with Crippen molar-refractivity contribution in [2.24, 2.45) is 0 Å². The first-order valence-corrected chi connectivity index (χ1v) is 7.57. The normalized spacial score (nSPS) is 19.6. The van der Waals surface area contributed by atoms with Crippen LogP contribution in [-0.4, -0.2) is 48.9 Å². The van der Waals surface area contributed by atoms with Gasteiger partial charge in [0.15, 0.2) is 0 Å². The number of ether oxygens (including phenoxy) is 1. The molecule has 1 fully saturated rings. The minimum absolute atomic E-state index is 0.226. The average molecular weight is 351 g/mol. The first kappa shape index (κ1) is 18.4. The highest BCUT2D eigenvalue weighted by Crippen LogP contribution is 2.32. The predicted octanol–water partition coefficient (Wildman–Crippen LogP) is 0.272. The van der Waals surface area contributed by atoms with Crippen molar-refractivity contribution in [1.29, 1.82) is 0 Å². The minimum Gasteiger partial charge on any atom is -0.468 e. The van der Waals surface area contributed by atoms with Crippen molar-refractivity contribution in [3.63, 3.8) is 0 Å². The number of hydrogen-bond donors (Lipinski definition) is 2. The van der Waals surface area contributed by atoms with Gasteiger partial charge in [-0.2, -0.15) is 0 Å². The molecule has 134 valence electrons. The zero-order valence-corrected chi connectivity index (χ0v) is 13.8. The minimum atomic E-state index is -1.35. The third-order valence-electron chi connectivity index (χ3n) is 4.00. The van der Waals surface area contributed by atoms with Crippen molar-refractivity contribution in [2.75, 3.05) is 20.2 Å². The van der Waals surface area contributed by atoms with E-state index in [9.17, 15) is 23.6 Å². The van der Waals surface area contributed by atoms with Crippen molar-refractivity contribution >= 4 is 23.8 Å². The van der Waals surface area contributed by atoms with Crippen LogP contribution in [0.5, 0.6) is 0 Å². The second-order valence-electron chi connectivity index (χ2n) is 5.44. The summed E-state index contributed by atoms with van der Waals surface area (Å²) < 4.78 is 17.5. The van der Waals surface area contributed by atoms with Crippen molar-refractivity contribution in [2.45, 2.75) is 18.9 Å². The van der Waals surface area contributed by atoms with Gasteiger partial charge < -0.3 is 15.4 Å². The van der Waals surface area contributed by atoms with Crippen LogP contribution >= 0.6 is 0 Å². The molecule has 1 saturated heterocycles. The molecule has 25 heavy (non-hydrogen) atoms. The highest BCUT2D eigenvalue weighted by Gasteiger charge is 2.51.